The minimum Gasteiger partial charge on any atom is -0.493 e. The van der Waals surface area contributed by atoms with Gasteiger partial charge in [0.05, 0.1) is 31.7 Å². The highest BCUT2D eigenvalue weighted by Crippen LogP contribution is 2.31. The minimum absolute atomic E-state index is 0.0204. The summed E-state index contributed by atoms with van der Waals surface area (Å²) in [7, 11) is 4.53. The lowest BCUT2D eigenvalue weighted by atomic mass is 10.1. The SMILES string of the molecule is COc1ccc(C(Cn2c(=O)[nH]c3cc(F)ccc3c2=O)OC)cc1OC. The Balaban J connectivity index is 2.04. The number of aromatic amines is 1. The Morgan fingerprint density at radius 2 is 1.78 bits per heavy atom. The van der Waals surface area contributed by atoms with E-state index in [1.807, 2.05) is 0 Å². The van der Waals surface area contributed by atoms with E-state index >= 15 is 0 Å². The van der Waals surface area contributed by atoms with Crippen molar-refractivity contribution in [3.05, 3.63) is 68.6 Å². The fourth-order valence-electron chi connectivity index (χ4n) is 2.93. The van der Waals surface area contributed by atoms with Crippen LogP contribution >= 0.6 is 0 Å². The Morgan fingerprint density at radius 1 is 1.04 bits per heavy atom. The maximum atomic E-state index is 13.3. The molecule has 3 rings (SSSR count). The van der Waals surface area contributed by atoms with Crippen LogP contribution in [0.25, 0.3) is 10.9 Å². The maximum absolute atomic E-state index is 13.3. The average Bonchev–Trinajstić information content (AvgIpc) is 2.67. The number of nitrogens with one attached hydrogen (secondary N) is 1. The van der Waals surface area contributed by atoms with Crippen molar-refractivity contribution in [2.45, 2.75) is 12.6 Å². The van der Waals surface area contributed by atoms with Crippen LogP contribution in [0.5, 0.6) is 11.5 Å². The second-order valence-electron chi connectivity index (χ2n) is 5.87. The molecule has 142 valence electrons. The molecular weight excluding hydrogens is 355 g/mol. The number of methoxy groups -OCH3 is 3. The highest BCUT2D eigenvalue weighted by atomic mass is 19.1. The molecule has 0 saturated heterocycles. The van der Waals surface area contributed by atoms with Gasteiger partial charge in [-0.05, 0) is 35.9 Å². The van der Waals surface area contributed by atoms with Gasteiger partial charge in [0.25, 0.3) is 5.56 Å². The van der Waals surface area contributed by atoms with Crippen molar-refractivity contribution < 1.29 is 18.6 Å². The standard InChI is InChI=1S/C19H19FN2O5/c1-25-15-7-4-11(8-16(15)26-2)17(27-3)10-22-18(23)13-6-5-12(20)9-14(13)21-19(22)24/h4-9,17H,10H2,1-3H3,(H,21,24). The molecule has 1 heterocycles. The zero-order chi connectivity index (χ0) is 19.6. The molecule has 1 unspecified atom stereocenters. The molecule has 27 heavy (non-hydrogen) atoms. The van der Waals surface area contributed by atoms with Crippen molar-refractivity contribution >= 4 is 10.9 Å². The molecule has 0 spiro atoms. The molecule has 8 heteroatoms. The van der Waals surface area contributed by atoms with Crippen molar-refractivity contribution in [3.63, 3.8) is 0 Å². The molecule has 0 bridgehead atoms. The topological polar surface area (TPSA) is 82.6 Å². The van der Waals surface area contributed by atoms with E-state index in [0.29, 0.717) is 17.1 Å². The van der Waals surface area contributed by atoms with Crippen LogP contribution in [0.3, 0.4) is 0 Å². The van der Waals surface area contributed by atoms with Crippen molar-refractivity contribution in [2.75, 3.05) is 21.3 Å². The number of nitrogens with zero attached hydrogens (tertiary/aromatic N) is 1. The van der Waals surface area contributed by atoms with Crippen molar-refractivity contribution in [3.8, 4) is 11.5 Å². The summed E-state index contributed by atoms with van der Waals surface area (Å²) in [5.41, 5.74) is -0.293. The number of hydrogen-bond acceptors (Lipinski definition) is 5. The predicted molar refractivity (Wildman–Crippen MR) is 98.1 cm³/mol. The zero-order valence-corrected chi connectivity index (χ0v) is 15.1. The summed E-state index contributed by atoms with van der Waals surface area (Å²) in [6.45, 7) is -0.0204. The van der Waals surface area contributed by atoms with E-state index in [-0.39, 0.29) is 17.4 Å². The van der Waals surface area contributed by atoms with Gasteiger partial charge in [-0.15, -0.1) is 0 Å². The number of halogens is 1. The first-order valence-corrected chi connectivity index (χ1v) is 8.15. The Kier molecular flexibility index (Phi) is 5.27. The molecule has 3 aromatic rings. The van der Waals surface area contributed by atoms with Crippen LogP contribution < -0.4 is 20.7 Å². The molecule has 0 fully saturated rings. The molecule has 0 saturated carbocycles. The summed E-state index contributed by atoms with van der Waals surface area (Å²) in [6, 6.07) is 8.85. The lowest BCUT2D eigenvalue weighted by Crippen LogP contribution is -2.37. The highest BCUT2D eigenvalue weighted by Gasteiger charge is 2.18. The molecular formula is C19H19FN2O5. The van der Waals surface area contributed by atoms with Gasteiger partial charge in [-0.1, -0.05) is 6.07 Å². The highest BCUT2D eigenvalue weighted by molar-refractivity contribution is 5.77. The van der Waals surface area contributed by atoms with E-state index in [0.717, 1.165) is 10.6 Å². The van der Waals surface area contributed by atoms with Gasteiger partial charge >= 0.3 is 5.69 Å². The number of hydrogen-bond donors (Lipinski definition) is 1. The fourth-order valence-corrected chi connectivity index (χ4v) is 2.93. The third-order valence-corrected chi connectivity index (χ3v) is 4.36. The Labute approximate surface area is 153 Å². The molecule has 2 aromatic carbocycles. The molecule has 1 atom stereocenters. The Bertz CT molecular complexity index is 1090. The second-order valence-corrected chi connectivity index (χ2v) is 5.87. The monoisotopic (exact) mass is 374 g/mol. The van der Waals surface area contributed by atoms with E-state index in [1.54, 1.807) is 18.2 Å². The van der Waals surface area contributed by atoms with Crippen LogP contribution in [-0.4, -0.2) is 30.9 Å². The molecule has 0 radical (unpaired) electrons. The van der Waals surface area contributed by atoms with Gasteiger partial charge < -0.3 is 19.2 Å². The lowest BCUT2D eigenvalue weighted by Gasteiger charge is -2.18. The van der Waals surface area contributed by atoms with Crippen LogP contribution in [0, 0.1) is 5.82 Å². The minimum atomic E-state index is -0.638. The summed E-state index contributed by atoms with van der Waals surface area (Å²) < 4.78 is 30.4. The van der Waals surface area contributed by atoms with Gasteiger partial charge in [-0.3, -0.25) is 9.36 Å². The Hall–Kier alpha value is -3.13. The Morgan fingerprint density at radius 3 is 2.44 bits per heavy atom. The molecule has 0 aliphatic rings. The number of benzene rings is 2. The quantitative estimate of drug-likeness (QED) is 0.716. The largest absolute Gasteiger partial charge is 0.493 e. The average molecular weight is 374 g/mol. The van der Waals surface area contributed by atoms with E-state index in [2.05, 4.69) is 4.98 Å². The van der Waals surface area contributed by atoms with Crippen molar-refractivity contribution in [1.29, 1.82) is 0 Å². The summed E-state index contributed by atoms with van der Waals surface area (Å²) in [4.78, 5) is 27.6. The molecule has 1 N–H and O–H groups in total. The van der Waals surface area contributed by atoms with E-state index in [1.165, 1.54) is 33.5 Å². The predicted octanol–water partition coefficient (Wildman–Crippen LogP) is 2.23. The second kappa shape index (κ2) is 7.63. The van der Waals surface area contributed by atoms with E-state index < -0.39 is 23.2 Å². The number of H-pyrrole nitrogens is 1. The molecule has 0 aliphatic carbocycles. The van der Waals surface area contributed by atoms with Crippen LogP contribution in [0.15, 0.2) is 46.0 Å². The third-order valence-electron chi connectivity index (χ3n) is 4.36. The van der Waals surface area contributed by atoms with Gasteiger partial charge in [-0.2, -0.15) is 0 Å². The van der Waals surface area contributed by atoms with Crippen LogP contribution in [0.1, 0.15) is 11.7 Å². The molecule has 7 nitrogen and oxygen atoms in total. The number of rotatable bonds is 6. The smallest absolute Gasteiger partial charge is 0.328 e. The zero-order valence-electron chi connectivity index (χ0n) is 15.1. The number of ether oxygens (including phenoxy) is 3. The number of fused-ring (bicyclic) bond motifs is 1. The third kappa shape index (κ3) is 3.56. The summed E-state index contributed by atoms with van der Waals surface area (Å²) in [6.07, 6.45) is -0.582. The lowest BCUT2D eigenvalue weighted by molar-refractivity contribution is 0.0856. The van der Waals surface area contributed by atoms with Gasteiger partial charge in [0.15, 0.2) is 11.5 Å². The number of aromatic nitrogens is 2. The van der Waals surface area contributed by atoms with Gasteiger partial charge in [0, 0.05) is 7.11 Å². The summed E-state index contributed by atoms with van der Waals surface area (Å²) in [5, 5.41) is 0.221. The first kappa shape index (κ1) is 18.7. The molecule has 0 aliphatic heterocycles. The fraction of sp³-hybridized carbons (Fsp3) is 0.263. The van der Waals surface area contributed by atoms with Gasteiger partial charge in [0.2, 0.25) is 0 Å². The van der Waals surface area contributed by atoms with Crippen molar-refractivity contribution in [1.82, 2.24) is 9.55 Å². The van der Waals surface area contributed by atoms with E-state index in [9.17, 15) is 14.0 Å². The van der Waals surface area contributed by atoms with Crippen LogP contribution in [0.2, 0.25) is 0 Å². The molecule has 1 aromatic heterocycles. The normalized spacial score (nSPS) is 12.1. The maximum Gasteiger partial charge on any atom is 0.328 e. The summed E-state index contributed by atoms with van der Waals surface area (Å²) >= 11 is 0. The van der Waals surface area contributed by atoms with Gasteiger partial charge in [0.1, 0.15) is 11.9 Å². The van der Waals surface area contributed by atoms with E-state index in [4.69, 9.17) is 14.2 Å². The first-order valence-electron chi connectivity index (χ1n) is 8.15. The van der Waals surface area contributed by atoms with Crippen LogP contribution in [-0.2, 0) is 11.3 Å². The molecule has 0 amide bonds. The van der Waals surface area contributed by atoms with Gasteiger partial charge in [-0.25, -0.2) is 9.18 Å². The van der Waals surface area contributed by atoms with Crippen molar-refractivity contribution in [2.24, 2.45) is 0 Å². The first-order chi connectivity index (χ1) is 13.0. The van der Waals surface area contributed by atoms with Crippen LogP contribution in [0.4, 0.5) is 4.39 Å². The summed E-state index contributed by atoms with van der Waals surface area (Å²) in [5.74, 6) is 0.529.